The summed E-state index contributed by atoms with van der Waals surface area (Å²) in [5, 5.41) is 10.9. The maximum Gasteiger partial charge on any atom is 0.323 e. The summed E-state index contributed by atoms with van der Waals surface area (Å²) in [4.78, 5) is 38.9. The van der Waals surface area contributed by atoms with E-state index in [9.17, 15) is 14.4 Å². The van der Waals surface area contributed by atoms with Gasteiger partial charge in [-0.3, -0.25) is 0 Å². The van der Waals surface area contributed by atoms with Crippen LogP contribution in [0.4, 0.5) is 14.4 Å². The van der Waals surface area contributed by atoms with Gasteiger partial charge in [0, 0.05) is 27.2 Å². The predicted molar refractivity (Wildman–Crippen MR) is 91.2 cm³/mol. The first-order chi connectivity index (χ1) is 11.1. The van der Waals surface area contributed by atoms with Crippen LogP contribution in [0.25, 0.3) is 0 Å². The van der Waals surface area contributed by atoms with Crippen molar-refractivity contribution in [2.45, 2.75) is 40.0 Å². The zero-order chi connectivity index (χ0) is 18.4. The Kier molecular flexibility index (Phi) is 7.12. The number of amides is 6. The van der Waals surface area contributed by atoms with Gasteiger partial charge in [-0.05, 0) is 11.8 Å². The Labute approximate surface area is 143 Å². The fourth-order valence-electron chi connectivity index (χ4n) is 2.23. The van der Waals surface area contributed by atoms with Gasteiger partial charge in [0.05, 0.1) is 0 Å². The van der Waals surface area contributed by atoms with Crippen LogP contribution in [0.3, 0.4) is 0 Å². The second-order valence-corrected chi connectivity index (χ2v) is 6.89. The van der Waals surface area contributed by atoms with Crippen molar-refractivity contribution < 1.29 is 14.4 Å². The van der Waals surface area contributed by atoms with Crippen molar-refractivity contribution in [2.75, 3.05) is 27.2 Å². The van der Waals surface area contributed by atoms with E-state index in [1.807, 2.05) is 27.7 Å². The number of hydrogen-bond donors (Lipinski definition) is 4. The van der Waals surface area contributed by atoms with E-state index < -0.39 is 12.3 Å². The number of carbonyl (C=O) groups is 3. The Morgan fingerprint density at radius 2 is 1.21 bits per heavy atom. The molecule has 0 unspecified atom stereocenters. The van der Waals surface area contributed by atoms with Gasteiger partial charge in [-0.25, -0.2) is 14.4 Å². The highest BCUT2D eigenvalue weighted by atomic mass is 16.2. The maximum atomic E-state index is 12.1. The lowest BCUT2D eigenvalue weighted by Crippen LogP contribution is -2.59. The molecule has 1 heterocycles. The summed E-state index contributed by atoms with van der Waals surface area (Å²) in [6, 6.07) is -1.03. The zero-order valence-electron chi connectivity index (χ0n) is 15.3. The standard InChI is InChI=1S/C15H30N6O3/c1-9(2)7-16-13(22)18-11-12(21(6)15(24)20(11)5)19-14(23)17-8-10(3)4/h9-12H,7-8H2,1-6H3,(H2,16,18,22)(H2,17,19,23)/t11-,12+. The van der Waals surface area contributed by atoms with Crippen LogP contribution in [-0.2, 0) is 0 Å². The minimum absolute atomic E-state index is 0.279. The lowest BCUT2D eigenvalue weighted by molar-refractivity contribution is 0.193. The number of carbonyl (C=O) groups excluding carboxylic acids is 3. The Morgan fingerprint density at radius 1 is 0.875 bits per heavy atom. The smallest absolute Gasteiger partial charge is 0.323 e. The van der Waals surface area contributed by atoms with Crippen LogP contribution < -0.4 is 21.3 Å². The van der Waals surface area contributed by atoms with Crippen LogP contribution in [0, 0.1) is 11.8 Å². The van der Waals surface area contributed by atoms with Gasteiger partial charge in [-0.2, -0.15) is 0 Å². The molecule has 24 heavy (non-hydrogen) atoms. The third-order valence-corrected chi connectivity index (χ3v) is 3.64. The first kappa shape index (κ1) is 19.9. The van der Waals surface area contributed by atoms with E-state index in [2.05, 4.69) is 21.3 Å². The lowest BCUT2D eigenvalue weighted by atomic mass is 10.2. The predicted octanol–water partition coefficient (Wildman–Crippen LogP) is 0.546. The minimum Gasteiger partial charge on any atom is -0.338 e. The molecule has 0 aromatic rings. The number of nitrogens with one attached hydrogen (secondary N) is 4. The van der Waals surface area contributed by atoms with E-state index in [0.29, 0.717) is 24.9 Å². The van der Waals surface area contributed by atoms with Gasteiger partial charge >= 0.3 is 18.1 Å². The topological polar surface area (TPSA) is 106 Å². The molecule has 0 aromatic heterocycles. The van der Waals surface area contributed by atoms with Crippen LogP contribution in [0.2, 0.25) is 0 Å². The number of nitrogens with zero attached hydrogens (tertiary/aromatic N) is 2. The summed E-state index contributed by atoms with van der Waals surface area (Å²) in [5.74, 6) is 0.634. The highest BCUT2D eigenvalue weighted by Crippen LogP contribution is 2.16. The zero-order valence-corrected chi connectivity index (χ0v) is 15.3. The Bertz CT molecular complexity index is 428. The van der Waals surface area contributed by atoms with Crippen molar-refractivity contribution in [3.05, 3.63) is 0 Å². The number of likely N-dealkylation sites (N-methyl/N-ethyl adjacent to an activating group) is 2. The highest BCUT2D eigenvalue weighted by Gasteiger charge is 2.43. The number of hydrogen-bond acceptors (Lipinski definition) is 3. The molecule has 1 fully saturated rings. The molecular weight excluding hydrogens is 312 g/mol. The van der Waals surface area contributed by atoms with Crippen LogP contribution in [-0.4, -0.2) is 67.4 Å². The molecule has 0 aliphatic carbocycles. The lowest BCUT2D eigenvalue weighted by Gasteiger charge is -2.27. The molecule has 9 heteroatoms. The fourth-order valence-corrected chi connectivity index (χ4v) is 2.23. The first-order valence-electron chi connectivity index (χ1n) is 8.21. The Hall–Kier alpha value is -2.19. The minimum atomic E-state index is -0.653. The van der Waals surface area contributed by atoms with Crippen molar-refractivity contribution >= 4 is 18.1 Å². The normalized spacial score (nSPS) is 20.6. The molecule has 9 nitrogen and oxygen atoms in total. The third-order valence-electron chi connectivity index (χ3n) is 3.64. The highest BCUT2D eigenvalue weighted by molar-refractivity contribution is 5.82. The van der Waals surface area contributed by atoms with Crippen LogP contribution in [0.15, 0.2) is 0 Å². The number of urea groups is 3. The molecule has 4 N–H and O–H groups in total. The molecule has 0 saturated carbocycles. The molecule has 0 aromatic carbocycles. The van der Waals surface area contributed by atoms with Gasteiger partial charge in [-0.15, -0.1) is 0 Å². The Balaban J connectivity index is 2.69. The average Bonchev–Trinajstić information content (AvgIpc) is 2.69. The molecule has 1 rings (SSSR count). The van der Waals surface area contributed by atoms with Crippen molar-refractivity contribution in [1.82, 2.24) is 31.1 Å². The summed E-state index contributed by atoms with van der Waals surface area (Å²) in [5.41, 5.74) is 0. The van der Waals surface area contributed by atoms with Crippen molar-refractivity contribution in [2.24, 2.45) is 11.8 Å². The van der Waals surface area contributed by atoms with Crippen LogP contribution >= 0.6 is 0 Å². The molecule has 0 radical (unpaired) electrons. The molecule has 6 amide bonds. The van der Waals surface area contributed by atoms with Crippen LogP contribution in [0.1, 0.15) is 27.7 Å². The second-order valence-electron chi connectivity index (χ2n) is 6.89. The van der Waals surface area contributed by atoms with Gasteiger partial charge in [0.25, 0.3) is 0 Å². The summed E-state index contributed by atoms with van der Waals surface area (Å²) in [6.45, 7) is 9.01. The number of rotatable bonds is 6. The second kappa shape index (κ2) is 8.60. The van der Waals surface area contributed by atoms with E-state index in [4.69, 9.17) is 0 Å². The van der Waals surface area contributed by atoms with E-state index in [0.717, 1.165) is 0 Å². The quantitative estimate of drug-likeness (QED) is 0.566. The molecule has 2 atom stereocenters. The SMILES string of the molecule is CC(C)CNC(=O)N[C@@H]1[C@H](NC(=O)NCC(C)C)N(C)C(=O)N1C. The van der Waals surface area contributed by atoms with Crippen LogP contribution in [0.5, 0.6) is 0 Å². The Morgan fingerprint density at radius 3 is 1.50 bits per heavy atom. The van der Waals surface area contributed by atoms with Gasteiger partial charge < -0.3 is 31.1 Å². The monoisotopic (exact) mass is 342 g/mol. The van der Waals surface area contributed by atoms with Crippen molar-refractivity contribution in [3.63, 3.8) is 0 Å². The average molecular weight is 342 g/mol. The molecular formula is C15H30N6O3. The van der Waals surface area contributed by atoms with Crippen molar-refractivity contribution in [3.8, 4) is 0 Å². The molecule has 1 aliphatic rings. The molecule has 1 aliphatic heterocycles. The molecule has 0 spiro atoms. The summed E-state index contributed by atoms with van der Waals surface area (Å²) < 4.78 is 0. The van der Waals surface area contributed by atoms with Gasteiger partial charge in [0.1, 0.15) is 12.3 Å². The van der Waals surface area contributed by atoms with Gasteiger partial charge in [-0.1, -0.05) is 27.7 Å². The largest absolute Gasteiger partial charge is 0.338 e. The maximum absolute atomic E-state index is 12.1. The van der Waals surface area contributed by atoms with Gasteiger partial charge in [0.2, 0.25) is 0 Å². The molecule has 138 valence electrons. The third kappa shape index (κ3) is 5.47. The summed E-state index contributed by atoms with van der Waals surface area (Å²) in [7, 11) is 3.17. The van der Waals surface area contributed by atoms with E-state index in [1.165, 1.54) is 9.80 Å². The first-order valence-corrected chi connectivity index (χ1v) is 8.21. The van der Waals surface area contributed by atoms with E-state index in [1.54, 1.807) is 14.1 Å². The van der Waals surface area contributed by atoms with E-state index >= 15 is 0 Å². The van der Waals surface area contributed by atoms with Gasteiger partial charge in [0.15, 0.2) is 0 Å². The van der Waals surface area contributed by atoms with Crippen molar-refractivity contribution in [1.29, 1.82) is 0 Å². The van der Waals surface area contributed by atoms with E-state index in [-0.39, 0.29) is 18.1 Å². The summed E-state index contributed by atoms with van der Waals surface area (Å²) >= 11 is 0. The summed E-state index contributed by atoms with van der Waals surface area (Å²) in [6.07, 6.45) is -1.31. The molecule has 1 saturated heterocycles. The molecule has 0 bridgehead atoms. The fraction of sp³-hybridized carbons (Fsp3) is 0.800.